The molecule has 1 aromatic carbocycles. The van der Waals surface area contributed by atoms with E-state index < -0.39 is 17.4 Å². The molecule has 0 aliphatic heterocycles. The summed E-state index contributed by atoms with van der Waals surface area (Å²) in [7, 11) is 1.44. The molecule has 0 saturated heterocycles. The molecule has 6 heteroatoms. The highest BCUT2D eigenvalue weighted by molar-refractivity contribution is 5.89. The molecule has 23 heavy (non-hydrogen) atoms. The smallest absolute Gasteiger partial charge is 0.329 e. The van der Waals surface area contributed by atoms with E-state index in [9.17, 15) is 19.5 Å². The Kier molecular flexibility index (Phi) is 6.30. The van der Waals surface area contributed by atoms with Crippen LogP contribution in [0.2, 0.25) is 0 Å². The number of likely N-dealkylation sites (N-methyl/N-ethyl adjacent to an activating group) is 1. The third-order valence-corrected chi connectivity index (χ3v) is 4.02. The van der Waals surface area contributed by atoms with E-state index in [1.54, 1.807) is 0 Å². The van der Waals surface area contributed by atoms with Gasteiger partial charge in [-0.3, -0.25) is 9.59 Å². The molecule has 0 heterocycles. The number of aliphatic carboxylic acids is 1. The molecule has 126 valence electrons. The summed E-state index contributed by atoms with van der Waals surface area (Å²) in [5, 5.41) is 9.18. The number of rotatable bonds is 7. The van der Waals surface area contributed by atoms with Gasteiger partial charge in [0.25, 0.3) is 0 Å². The van der Waals surface area contributed by atoms with Gasteiger partial charge < -0.3 is 14.9 Å². The van der Waals surface area contributed by atoms with Crippen molar-refractivity contribution < 1.29 is 19.5 Å². The van der Waals surface area contributed by atoms with E-state index in [1.807, 2.05) is 30.3 Å². The zero-order valence-electron chi connectivity index (χ0n) is 14.1. The quantitative estimate of drug-likeness (QED) is 0.824. The number of amides is 2. The molecule has 1 N–H and O–H groups in total. The van der Waals surface area contributed by atoms with Crippen LogP contribution in [0.3, 0.4) is 0 Å². The van der Waals surface area contributed by atoms with Gasteiger partial charge in [0.05, 0.1) is 6.54 Å². The van der Waals surface area contributed by atoms with Crippen molar-refractivity contribution in [2.24, 2.45) is 0 Å². The third-order valence-electron chi connectivity index (χ3n) is 4.02. The lowest BCUT2D eigenvalue weighted by molar-refractivity contribution is -0.156. The fourth-order valence-electron chi connectivity index (χ4n) is 1.98. The van der Waals surface area contributed by atoms with Crippen LogP contribution in [-0.2, 0) is 20.8 Å². The summed E-state index contributed by atoms with van der Waals surface area (Å²) in [4.78, 5) is 37.9. The van der Waals surface area contributed by atoms with Crippen LogP contribution >= 0.6 is 0 Å². The van der Waals surface area contributed by atoms with E-state index in [0.717, 1.165) is 10.5 Å². The van der Waals surface area contributed by atoms with Crippen LogP contribution in [0.25, 0.3) is 0 Å². The zero-order chi connectivity index (χ0) is 17.6. The van der Waals surface area contributed by atoms with Crippen molar-refractivity contribution in [2.45, 2.75) is 32.7 Å². The Hall–Kier alpha value is -2.37. The van der Waals surface area contributed by atoms with Crippen LogP contribution in [0.5, 0.6) is 0 Å². The van der Waals surface area contributed by atoms with Crippen molar-refractivity contribution >= 4 is 17.8 Å². The number of benzene rings is 1. The molecule has 2 amide bonds. The number of carbonyl (C=O) groups is 3. The lowest BCUT2D eigenvalue weighted by Gasteiger charge is -2.33. The average Bonchev–Trinajstić information content (AvgIpc) is 2.50. The minimum Gasteiger partial charge on any atom is -0.480 e. The van der Waals surface area contributed by atoms with Crippen molar-refractivity contribution in [1.82, 2.24) is 9.80 Å². The molecule has 0 saturated carbocycles. The minimum absolute atomic E-state index is 0.130. The fraction of sp³-hybridized carbons (Fsp3) is 0.471. The molecule has 0 spiro atoms. The number of hydrogen-bond acceptors (Lipinski definition) is 3. The highest BCUT2D eigenvalue weighted by atomic mass is 16.4. The molecule has 0 bridgehead atoms. The maximum Gasteiger partial charge on any atom is 0.329 e. The first-order valence-corrected chi connectivity index (χ1v) is 7.45. The van der Waals surface area contributed by atoms with Gasteiger partial charge in [0.15, 0.2) is 0 Å². The summed E-state index contributed by atoms with van der Waals surface area (Å²) in [6.45, 7) is 4.59. The molecule has 1 aromatic rings. The second-order valence-corrected chi connectivity index (χ2v) is 5.99. The molecular weight excluding hydrogens is 296 g/mol. The normalized spacial score (nSPS) is 11.0. The van der Waals surface area contributed by atoms with Crippen LogP contribution in [0.4, 0.5) is 0 Å². The van der Waals surface area contributed by atoms with Crippen LogP contribution in [0.15, 0.2) is 30.3 Å². The first-order chi connectivity index (χ1) is 10.7. The van der Waals surface area contributed by atoms with Gasteiger partial charge in [-0.15, -0.1) is 0 Å². The molecule has 1 rings (SSSR count). The van der Waals surface area contributed by atoms with Crippen molar-refractivity contribution in [2.75, 3.05) is 20.1 Å². The summed E-state index contributed by atoms with van der Waals surface area (Å²) in [6, 6.07) is 9.67. The Bertz CT molecular complexity index is 569. The Morgan fingerprint density at radius 1 is 1.13 bits per heavy atom. The van der Waals surface area contributed by atoms with Crippen molar-refractivity contribution in [3.05, 3.63) is 35.9 Å². The third kappa shape index (κ3) is 5.09. The van der Waals surface area contributed by atoms with E-state index in [2.05, 4.69) is 0 Å². The Morgan fingerprint density at radius 2 is 1.70 bits per heavy atom. The molecule has 0 unspecified atom stereocenters. The van der Waals surface area contributed by atoms with Crippen LogP contribution in [0.1, 0.15) is 26.3 Å². The summed E-state index contributed by atoms with van der Waals surface area (Å²) in [5.74, 6) is -1.71. The predicted molar refractivity (Wildman–Crippen MR) is 86.9 cm³/mol. The Balaban J connectivity index is 2.70. The minimum atomic E-state index is -1.32. The van der Waals surface area contributed by atoms with E-state index in [1.165, 1.54) is 32.7 Å². The standard InChI is InChI=1S/C17H24N2O4/c1-13(20)19(11-10-14-8-6-5-7-9-14)12-15(21)18(4)17(2,3)16(22)23/h5-9H,10-12H2,1-4H3,(H,22,23). The summed E-state index contributed by atoms with van der Waals surface area (Å²) in [6.07, 6.45) is 0.639. The first kappa shape index (κ1) is 18.7. The first-order valence-electron chi connectivity index (χ1n) is 7.45. The van der Waals surface area contributed by atoms with E-state index in [-0.39, 0.29) is 12.5 Å². The maximum absolute atomic E-state index is 12.3. The average molecular weight is 320 g/mol. The van der Waals surface area contributed by atoms with Gasteiger partial charge in [-0.05, 0) is 25.8 Å². The van der Waals surface area contributed by atoms with Crippen molar-refractivity contribution in [1.29, 1.82) is 0 Å². The molecule has 0 atom stereocenters. The van der Waals surface area contributed by atoms with E-state index in [4.69, 9.17) is 0 Å². The molecule has 0 aromatic heterocycles. The predicted octanol–water partition coefficient (Wildman–Crippen LogP) is 1.40. The summed E-state index contributed by atoms with van der Waals surface area (Å²) < 4.78 is 0. The Labute approximate surface area is 136 Å². The lowest BCUT2D eigenvalue weighted by Crippen LogP contribution is -2.53. The molecule has 0 radical (unpaired) electrons. The number of carbonyl (C=O) groups excluding carboxylic acids is 2. The number of carboxylic acids is 1. The van der Waals surface area contributed by atoms with Crippen LogP contribution in [-0.4, -0.2) is 58.4 Å². The zero-order valence-corrected chi connectivity index (χ0v) is 14.1. The van der Waals surface area contributed by atoms with Gasteiger partial charge in [0.2, 0.25) is 11.8 Å². The van der Waals surface area contributed by atoms with Gasteiger partial charge in [-0.1, -0.05) is 30.3 Å². The van der Waals surface area contributed by atoms with Gasteiger partial charge in [0, 0.05) is 20.5 Å². The van der Waals surface area contributed by atoms with Crippen molar-refractivity contribution in [3.8, 4) is 0 Å². The molecule has 0 aliphatic carbocycles. The second-order valence-electron chi connectivity index (χ2n) is 5.99. The highest BCUT2D eigenvalue weighted by Crippen LogP contribution is 2.13. The SMILES string of the molecule is CC(=O)N(CCc1ccccc1)CC(=O)N(C)C(C)(C)C(=O)O. The van der Waals surface area contributed by atoms with Crippen LogP contribution < -0.4 is 0 Å². The molecule has 0 fully saturated rings. The van der Waals surface area contributed by atoms with Crippen molar-refractivity contribution in [3.63, 3.8) is 0 Å². The molecule has 6 nitrogen and oxygen atoms in total. The lowest BCUT2D eigenvalue weighted by atomic mass is 10.0. The fourth-order valence-corrected chi connectivity index (χ4v) is 1.98. The van der Waals surface area contributed by atoms with E-state index >= 15 is 0 Å². The van der Waals surface area contributed by atoms with Gasteiger partial charge in [-0.2, -0.15) is 0 Å². The second kappa shape index (κ2) is 7.76. The van der Waals surface area contributed by atoms with Gasteiger partial charge >= 0.3 is 5.97 Å². The number of hydrogen-bond donors (Lipinski definition) is 1. The molecular formula is C17H24N2O4. The van der Waals surface area contributed by atoms with Crippen LogP contribution in [0, 0.1) is 0 Å². The van der Waals surface area contributed by atoms with Gasteiger partial charge in [0.1, 0.15) is 5.54 Å². The topological polar surface area (TPSA) is 77.9 Å². The summed E-state index contributed by atoms with van der Waals surface area (Å²) >= 11 is 0. The highest BCUT2D eigenvalue weighted by Gasteiger charge is 2.35. The molecule has 0 aliphatic rings. The monoisotopic (exact) mass is 320 g/mol. The maximum atomic E-state index is 12.3. The number of carboxylic acid groups (broad SMARTS) is 1. The van der Waals surface area contributed by atoms with Gasteiger partial charge in [-0.25, -0.2) is 4.79 Å². The largest absolute Gasteiger partial charge is 0.480 e. The number of nitrogens with zero attached hydrogens (tertiary/aromatic N) is 2. The van der Waals surface area contributed by atoms with E-state index in [0.29, 0.717) is 13.0 Å². The summed E-state index contributed by atoms with van der Waals surface area (Å²) in [5.41, 5.74) is -0.246. The Morgan fingerprint density at radius 3 is 2.17 bits per heavy atom.